The van der Waals surface area contributed by atoms with Crippen molar-refractivity contribution in [2.24, 2.45) is 16.3 Å². The van der Waals surface area contributed by atoms with Gasteiger partial charge in [0.2, 0.25) is 0 Å². The molecule has 0 fully saturated rings. The highest BCUT2D eigenvalue weighted by molar-refractivity contribution is 4.85. The summed E-state index contributed by atoms with van der Waals surface area (Å²) in [7, 11) is 0. The Hall–Kier alpha value is -1.11. The maximum atomic E-state index is 9.10. The van der Waals surface area contributed by atoms with Gasteiger partial charge in [-0.25, -0.2) is 0 Å². The molecule has 1 heterocycles. The van der Waals surface area contributed by atoms with Gasteiger partial charge in [-0.2, -0.15) is 10.4 Å². The Morgan fingerprint density at radius 2 is 1.94 bits per heavy atom. The summed E-state index contributed by atoms with van der Waals surface area (Å²) < 4.78 is 0. The second-order valence-corrected chi connectivity index (χ2v) is 5.89. The van der Waals surface area contributed by atoms with Crippen LogP contribution in [0, 0.1) is 17.2 Å². The molecule has 0 aromatic rings. The zero-order valence-electron chi connectivity index (χ0n) is 11.5. The SMILES string of the molecule is CC1CCCC(C#N)CCN(C(C)(C)C)/N=N\1. The van der Waals surface area contributed by atoms with Crippen LogP contribution in [0.3, 0.4) is 0 Å². The highest BCUT2D eigenvalue weighted by atomic mass is 15.6. The Bertz CT molecular complexity index is 298. The molecule has 0 amide bonds. The van der Waals surface area contributed by atoms with Gasteiger partial charge in [-0.1, -0.05) is 5.22 Å². The van der Waals surface area contributed by atoms with Gasteiger partial charge in [0, 0.05) is 12.5 Å². The molecule has 0 saturated heterocycles. The number of rotatable bonds is 0. The molecule has 4 heteroatoms. The fourth-order valence-corrected chi connectivity index (χ4v) is 1.93. The Labute approximate surface area is 105 Å². The van der Waals surface area contributed by atoms with Gasteiger partial charge in [0.15, 0.2) is 0 Å². The first-order valence-corrected chi connectivity index (χ1v) is 6.51. The number of nitriles is 1. The molecule has 0 aromatic heterocycles. The van der Waals surface area contributed by atoms with Crippen molar-refractivity contribution in [2.45, 2.75) is 65.0 Å². The maximum absolute atomic E-state index is 9.10. The minimum Gasteiger partial charge on any atom is -0.274 e. The van der Waals surface area contributed by atoms with Crippen LogP contribution in [0.1, 0.15) is 53.4 Å². The van der Waals surface area contributed by atoms with E-state index in [2.05, 4.69) is 44.1 Å². The van der Waals surface area contributed by atoms with Crippen LogP contribution in [0.15, 0.2) is 10.3 Å². The van der Waals surface area contributed by atoms with Crippen LogP contribution in [0.5, 0.6) is 0 Å². The predicted octanol–water partition coefficient (Wildman–Crippen LogP) is 3.56. The molecule has 96 valence electrons. The van der Waals surface area contributed by atoms with Gasteiger partial charge in [-0.05, 0) is 53.4 Å². The number of hydrogen-bond acceptors (Lipinski definition) is 4. The summed E-state index contributed by atoms with van der Waals surface area (Å²) in [5, 5.41) is 19.8. The van der Waals surface area contributed by atoms with E-state index in [-0.39, 0.29) is 17.5 Å². The van der Waals surface area contributed by atoms with E-state index in [0.29, 0.717) is 0 Å². The lowest BCUT2D eigenvalue weighted by Crippen LogP contribution is -2.38. The molecular weight excluding hydrogens is 212 g/mol. The summed E-state index contributed by atoms with van der Waals surface area (Å²) in [6.07, 6.45) is 3.99. The van der Waals surface area contributed by atoms with E-state index in [4.69, 9.17) is 5.26 Å². The molecule has 0 aliphatic carbocycles. The summed E-state index contributed by atoms with van der Waals surface area (Å²) >= 11 is 0. The van der Waals surface area contributed by atoms with Gasteiger partial charge in [0.05, 0.1) is 17.6 Å². The first-order chi connectivity index (χ1) is 7.93. The van der Waals surface area contributed by atoms with Crippen molar-refractivity contribution in [3.05, 3.63) is 0 Å². The normalized spacial score (nSPS) is 29.5. The molecule has 17 heavy (non-hydrogen) atoms. The molecule has 4 nitrogen and oxygen atoms in total. The lowest BCUT2D eigenvalue weighted by Gasteiger charge is -2.33. The van der Waals surface area contributed by atoms with Crippen molar-refractivity contribution in [1.29, 1.82) is 5.26 Å². The molecule has 0 spiro atoms. The summed E-state index contributed by atoms with van der Waals surface area (Å²) in [5.41, 5.74) is -0.0254. The number of hydrogen-bond donors (Lipinski definition) is 0. The first kappa shape index (κ1) is 14.0. The van der Waals surface area contributed by atoms with E-state index in [1.807, 2.05) is 5.01 Å². The van der Waals surface area contributed by atoms with E-state index >= 15 is 0 Å². The van der Waals surface area contributed by atoms with Crippen LogP contribution in [0.2, 0.25) is 0 Å². The Morgan fingerprint density at radius 3 is 2.53 bits per heavy atom. The Morgan fingerprint density at radius 1 is 1.24 bits per heavy atom. The van der Waals surface area contributed by atoms with E-state index < -0.39 is 0 Å². The van der Waals surface area contributed by atoms with Crippen molar-refractivity contribution < 1.29 is 0 Å². The molecule has 0 radical (unpaired) electrons. The van der Waals surface area contributed by atoms with Crippen molar-refractivity contribution >= 4 is 0 Å². The monoisotopic (exact) mass is 236 g/mol. The van der Waals surface area contributed by atoms with E-state index in [1.165, 1.54) is 0 Å². The van der Waals surface area contributed by atoms with Gasteiger partial charge in [-0.15, -0.1) is 0 Å². The number of nitrogens with zero attached hydrogens (tertiary/aromatic N) is 4. The molecule has 0 bridgehead atoms. The van der Waals surface area contributed by atoms with E-state index in [1.54, 1.807) is 0 Å². The van der Waals surface area contributed by atoms with Crippen molar-refractivity contribution in [3.63, 3.8) is 0 Å². The van der Waals surface area contributed by atoms with Gasteiger partial charge in [0.1, 0.15) is 0 Å². The third kappa shape index (κ3) is 4.72. The molecule has 2 atom stereocenters. The zero-order chi connectivity index (χ0) is 12.9. The second kappa shape index (κ2) is 6.00. The molecule has 1 aliphatic heterocycles. The Kier molecular flexibility index (Phi) is 4.92. The molecular formula is C13H24N4. The molecule has 0 N–H and O–H groups in total. The summed E-state index contributed by atoms with van der Waals surface area (Å²) in [6, 6.07) is 2.67. The standard InChI is InChI=1S/C13H24N4/c1-11-6-5-7-12(10-14)8-9-17(16-15-11)13(2,3)4/h11-12H,5-9H2,1-4H3/b16-15-. The molecule has 1 aliphatic rings. The van der Waals surface area contributed by atoms with Gasteiger partial charge in [-0.3, -0.25) is 5.01 Å². The second-order valence-electron chi connectivity index (χ2n) is 5.89. The fraction of sp³-hybridized carbons (Fsp3) is 0.923. The first-order valence-electron chi connectivity index (χ1n) is 6.51. The van der Waals surface area contributed by atoms with Crippen molar-refractivity contribution in [3.8, 4) is 6.07 Å². The predicted molar refractivity (Wildman–Crippen MR) is 68.3 cm³/mol. The lowest BCUT2D eigenvalue weighted by atomic mass is 9.97. The van der Waals surface area contributed by atoms with Crippen LogP contribution in [0.4, 0.5) is 0 Å². The van der Waals surface area contributed by atoms with Crippen LogP contribution < -0.4 is 0 Å². The zero-order valence-corrected chi connectivity index (χ0v) is 11.5. The molecule has 1 rings (SSSR count). The van der Waals surface area contributed by atoms with Crippen LogP contribution in [-0.4, -0.2) is 23.1 Å². The smallest absolute Gasteiger partial charge is 0.0701 e. The summed E-state index contributed by atoms with van der Waals surface area (Å²) in [6.45, 7) is 9.29. The third-order valence-corrected chi connectivity index (χ3v) is 3.18. The van der Waals surface area contributed by atoms with Crippen molar-refractivity contribution in [2.75, 3.05) is 6.54 Å². The van der Waals surface area contributed by atoms with Gasteiger partial charge in [0.25, 0.3) is 0 Å². The van der Waals surface area contributed by atoms with Crippen LogP contribution >= 0.6 is 0 Å². The third-order valence-electron chi connectivity index (χ3n) is 3.18. The molecule has 0 aromatic carbocycles. The average Bonchev–Trinajstić information content (AvgIpc) is 2.25. The minimum atomic E-state index is -0.0254. The quantitative estimate of drug-likeness (QED) is 0.645. The van der Waals surface area contributed by atoms with Gasteiger partial charge >= 0.3 is 0 Å². The largest absolute Gasteiger partial charge is 0.274 e. The van der Waals surface area contributed by atoms with Crippen LogP contribution in [0.25, 0.3) is 0 Å². The summed E-state index contributed by atoms with van der Waals surface area (Å²) in [4.78, 5) is 0. The highest BCUT2D eigenvalue weighted by Gasteiger charge is 2.22. The average molecular weight is 236 g/mol. The highest BCUT2D eigenvalue weighted by Crippen LogP contribution is 2.21. The molecule has 0 saturated carbocycles. The van der Waals surface area contributed by atoms with Gasteiger partial charge < -0.3 is 0 Å². The van der Waals surface area contributed by atoms with Crippen molar-refractivity contribution in [1.82, 2.24) is 5.01 Å². The van der Waals surface area contributed by atoms with E-state index in [0.717, 1.165) is 32.2 Å². The van der Waals surface area contributed by atoms with E-state index in [9.17, 15) is 0 Å². The lowest BCUT2D eigenvalue weighted by molar-refractivity contribution is 0.117. The topological polar surface area (TPSA) is 51.8 Å². The maximum Gasteiger partial charge on any atom is 0.0701 e. The Balaban J connectivity index is 2.76. The van der Waals surface area contributed by atoms with Crippen LogP contribution in [-0.2, 0) is 0 Å². The fourth-order valence-electron chi connectivity index (χ4n) is 1.93. The minimum absolute atomic E-state index is 0.0254. The molecule has 2 unspecified atom stereocenters. The summed E-state index contributed by atoms with van der Waals surface area (Å²) in [5.74, 6) is 0.167.